The number of carbonyl (C=O) groups excluding carboxylic acids is 1. The van der Waals surface area contributed by atoms with Gasteiger partial charge in [-0.25, -0.2) is 4.79 Å². The number of hydrogen-bond acceptors (Lipinski definition) is 2. The molecular weight excluding hydrogens is 204 g/mol. The molecule has 0 aliphatic heterocycles. The zero-order valence-corrected chi connectivity index (χ0v) is 11.4. The molecule has 0 fully saturated rings. The number of carbonyl (C=O) groups is 1. The van der Waals surface area contributed by atoms with E-state index < -0.39 is 0 Å². The minimum atomic E-state index is -0.175. The van der Waals surface area contributed by atoms with Gasteiger partial charge < -0.3 is 4.43 Å². The summed E-state index contributed by atoms with van der Waals surface area (Å²) in [6.45, 7) is 3.88. The molecule has 1 aromatic rings. The standard InChI is InChI=1S/C12H16O2Si/c1-9(2)11(12(13)14-15)8-10-6-4-3-5-7-10/h3-7H,8H2,1-2,15H3. The van der Waals surface area contributed by atoms with E-state index in [0.717, 1.165) is 16.7 Å². The minimum absolute atomic E-state index is 0.175. The molecule has 0 saturated carbocycles. The average molecular weight is 220 g/mol. The maximum atomic E-state index is 11.5. The van der Waals surface area contributed by atoms with Gasteiger partial charge in [-0.05, 0) is 19.4 Å². The Kier molecular flexibility index (Phi) is 4.30. The first kappa shape index (κ1) is 11.7. The van der Waals surface area contributed by atoms with Crippen LogP contribution in [0, 0.1) is 0 Å². The summed E-state index contributed by atoms with van der Waals surface area (Å²) in [6, 6.07) is 9.96. The molecular formula is C12H16O2Si. The van der Waals surface area contributed by atoms with Crippen LogP contribution in [0.4, 0.5) is 0 Å². The molecule has 3 heteroatoms. The van der Waals surface area contributed by atoms with Crippen LogP contribution in [-0.4, -0.2) is 16.5 Å². The van der Waals surface area contributed by atoms with Crippen molar-refractivity contribution in [2.45, 2.75) is 20.3 Å². The highest BCUT2D eigenvalue weighted by atomic mass is 28.2. The SMILES string of the molecule is CC(C)=C(Cc1ccccc1)C(=O)O[SiH3]. The molecule has 0 bridgehead atoms. The molecule has 0 aliphatic carbocycles. The van der Waals surface area contributed by atoms with E-state index in [2.05, 4.69) is 0 Å². The molecule has 0 atom stereocenters. The largest absolute Gasteiger partial charge is 0.525 e. The normalized spacial score (nSPS) is 9.73. The first-order chi connectivity index (χ1) is 7.15. The summed E-state index contributed by atoms with van der Waals surface area (Å²) in [6.07, 6.45) is 0.657. The van der Waals surface area contributed by atoms with Gasteiger partial charge in [0.05, 0.1) is 0 Å². The second kappa shape index (κ2) is 5.51. The second-order valence-corrected chi connectivity index (χ2v) is 4.04. The molecule has 0 saturated heterocycles. The predicted molar refractivity (Wildman–Crippen MR) is 64.6 cm³/mol. The third-order valence-electron chi connectivity index (χ3n) is 2.26. The Morgan fingerprint density at radius 1 is 1.27 bits per heavy atom. The van der Waals surface area contributed by atoms with Crippen molar-refractivity contribution < 1.29 is 9.22 Å². The molecule has 0 N–H and O–H groups in total. The number of hydrogen-bond donors (Lipinski definition) is 0. The zero-order valence-electron chi connectivity index (χ0n) is 9.41. The third-order valence-corrected chi connectivity index (χ3v) is 2.63. The van der Waals surface area contributed by atoms with E-state index >= 15 is 0 Å². The number of rotatable bonds is 3. The Morgan fingerprint density at radius 3 is 2.33 bits per heavy atom. The maximum Gasteiger partial charge on any atom is 0.320 e. The molecule has 0 heterocycles. The molecule has 0 aromatic heterocycles. The summed E-state index contributed by atoms with van der Waals surface area (Å²) >= 11 is 0. The van der Waals surface area contributed by atoms with Gasteiger partial charge in [-0.2, -0.15) is 0 Å². The Morgan fingerprint density at radius 2 is 1.87 bits per heavy atom. The van der Waals surface area contributed by atoms with Gasteiger partial charge in [0.1, 0.15) is 0 Å². The Labute approximate surface area is 93.5 Å². The molecule has 0 amide bonds. The smallest absolute Gasteiger partial charge is 0.320 e. The van der Waals surface area contributed by atoms with Crippen molar-refractivity contribution in [3.8, 4) is 0 Å². The van der Waals surface area contributed by atoms with Crippen molar-refractivity contribution in [2.24, 2.45) is 0 Å². The highest BCUT2D eigenvalue weighted by molar-refractivity contribution is 6.09. The molecule has 80 valence electrons. The van der Waals surface area contributed by atoms with Crippen LogP contribution < -0.4 is 0 Å². The number of allylic oxidation sites excluding steroid dienone is 1. The number of benzene rings is 1. The molecule has 0 radical (unpaired) electrons. The highest BCUT2D eigenvalue weighted by Gasteiger charge is 2.11. The van der Waals surface area contributed by atoms with Gasteiger partial charge in [-0.3, -0.25) is 0 Å². The van der Waals surface area contributed by atoms with Crippen LogP contribution in [0.5, 0.6) is 0 Å². The molecule has 1 rings (SSSR count). The van der Waals surface area contributed by atoms with Gasteiger partial charge in [0, 0.05) is 12.0 Å². The van der Waals surface area contributed by atoms with Gasteiger partial charge >= 0.3 is 5.97 Å². The van der Waals surface area contributed by atoms with Crippen LogP contribution in [0.25, 0.3) is 0 Å². The van der Waals surface area contributed by atoms with Crippen molar-refractivity contribution >= 4 is 16.5 Å². The summed E-state index contributed by atoms with van der Waals surface area (Å²) in [5, 5.41) is 0. The van der Waals surface area contributed by atoms with Gasteiger partial charge in [0.2, 0.25) is 10.5 Å². The quantitative estimate of drug-likeness (QED) is 0.568. The Balaban J connectivity index is 2.87. The van der Waals surface area contributed by atoms with Crippen LogP contribution in [0.3, 0.4) is 0 Å². The summed E-state index contributed by atoms with van der Waals surface area (Å²) < 4.78 is 4.89. The molecule has 0 aliphatic rings. The summed E-state index contributed by atoms with van der Waals surface area (Å²) in [7, 11) is 0.450. The van der Waals surface area contributed by atoms with Crippen molar-refractivity contribution in [3.05, 3.63) is 47.0 Å². The minimum Gasteiger partial charge on any atom is -0.525 e. The highest BCUT2D eigenvalue weighted by Crippen LogP contribution is 2.13. The van der Waals surface area contributed by atoms with E-state index in [9.17, 15) is 4.79 Å². The zero-order chi connectivity index (χ0) is 11.3. The lowest BCUT2D eigenvalue weighted by Gasteiger charge is -2.08. The van der Waals surface area contributed by atoms with Gasteiger partial charge in [0.15, 0.2) is 0 Å². The molecule has 2 nitrogen and oxygen atoms in total. The fourth-order valence-corrected chi connectivity index (χ4v) is 1.62. The van der Waals surface area contributed by atoms with E-state index in [1.54, 1.807) is 0 Å². The van der Waals surface area contributed by atoms with Crippen molar-refractivity contribution in [2.75, 3.05) is 0 Å². The van der Waals surface area contributed by atoms with Crippen molar-refractivity contribution in [1.82, 2.24) is 0 Å². The molecule has 0 spiro atoms. The topological polar surface area (TPSA) is 26.3 Å². The first-order valence-electron chi connectivity index (χ1n) is 4.93. The second-order valence-electron chi connectivity index (χ2n) is 3.63. The lowest BCUT2D eigenvalue weighted by atomic mass is 10.0. The summed E-state index contributed by atoms with van der Waals surface area (Å²) in [5.74, 6) is -0.175. The fraction of sp³-hybridized carbons (Fsp3) is 0.250. The lowest BCUT2D eigenvalue weighted by Crippen LogP contribution is -2.09. The van der Waals surface area contributed by atoms with Crippen LogP contribution in [0.1, 0.15) is 19.4 Å². The molecule has 0 unspecified atom stereocenters. The third kappa shape index (κ3) is 3.36. The van der Waals surface area contributed by atoms with E-state index in [0.29, 0.717) is 16.9 Å². The first-order valence-corrected chi connectivity index (χ1v) is 5.75. The predicted octanol–water partition coefficient (Wildman–Crippen LogP) is 1.39. The van der Waals surface area contributed by atoms with Gasteiger partial charge in [-0.1, -0.05) is 35.9 Å². The molecule has 15 heavy (non-hydrogen) atoms. The fourth-order valence-electron chi connectivity index (χ4n) is 1.38. The van der Waals surface area contributed by atoms with Crippen molar-refractivity contribution in [3.63, 3.8) is 0 Å². The Bertz CT molecular complexity index is 364. The van der Waals surface area contributed by atoms with E-state index in [4.69, 9.17) is 4.43 Å². The van der Waals surface area contributed by atoms with E-state index in [-0.39, 0.29) is 5.97 Å². The van der Waals surface area contributed by atoms with Crippen LogP contribution in [-0.2, 0) is 15.6 Å². The van der Waals surface area contributed by atoms with Gasteiger partial charge in [0.25, 0.3) is 0 Å². The van der Waals surface area contributed by atoms with E-state index in [1.165, 1.54) is 0 Å². The monoisotopic (exact) mass is 220 g/mol. The van der Waals surface area contributed by atoms with Crippen molar-refractivity contribution in [1.29, 1.82) is 0 Å². The van der Waals surface area contributed by atoms with Crippen LogP contribution >= 0.6 is 0 Å². The van der Waals surface area contributed by atoms with Gasteiger partial charge in [-0.15, -0.1) is 0 Å². The summed E-state index contributed by atoms with van der Waals surface area (Å²) in [5.41, 5.74) is 2.94. The summed E-state index contributed by atoms with van der Waals surface area (Å²) in [4.78, 5) is 11.5. The maximum absolute atomic E-state index is 11.5. The van der Waals surface area contributed by atoms with Crippen LogP contribution in [0.2, 0.25) is 0 Å². The van der Waals surface area contributed by atoms with Crippen LogP contribution in [0.15, 0.2) is 41.5 Å². The molecule has 1 aromatic carbocycles. The average Bonchev–Trinajstić information content (AvgIpc) is 2.26. The Hall–Kier alpha value is -1.35. The van der Waals surface area contributed by atoms with E-state index in [1.807, 2.05) is 44.2 Å². The lowest BCUT2D eigenvalue weighted by molar-refractivity contribution is -0.129.